The molecule has 0 aromatic heterocycles. The first-order chi connectivity index (χ1) is 10.5. The summed E-state index contributed by atoms with van der Waals surface area (Å²) in [5, 5.41) is 9.51. The molecule has 0 heterocycles. The van der Waals surface area contributed by atoms with Crippen LogP contribution in [0.1, 0.15) is 45.2 Å². The molecule has 0 aliphatic heterocycles. The zero-order chi connectivity index (χ0) is 16.5. The van der Waals surface area contributed by atoms with Crippen molar-refractivity contribution >= 4 is 0 Å². The number of hydrogen-bond acceptors (Lipinski definition) is 4. The summed E-state index contributed by atoms with van der Waals surface area (Å²) in [6.07, 6.45) is 1.93. The topological polar surface area (TPSA) is 41.9 Å². The molecule has 126 valence electrons. The highest BCUT2D eigenvalue weighted by molar-refractivity contribution is 5.44. The van der Waals surface area contributed by atoms with Gasteiger partial charge in [-0.05, 0) is 50.6 Å². The fraction of sp³-hybridized carbons (Fsp3) is 0.667. The minimum atomic E-state index is 0.147. The molecule has 0 fully saturated rings. The molecule has 0 radical (unpaired) electrons. The largest absolute Gasteiger partial charge is 0.490 e. The standard InChI is InChI=1S/C18H31NO3/c1-6-10-21-16-9-8-15(12-17(16)22-11-7-2)18(19(4)5)14(3)13-20/h8-9,12,14,18,20H,6-7,10-11,13H2,1-5H3. The Morgan fingerprint density at radius 1 is 1.05 bits per heavy atom. The summed E-state index contributed by atoms with van der Waals surface area (Å²) >= 11 is 0. The van der Waals surface area contributed by atoms with Crippen LogP contribution in [0.3, 0.4) is 0 Å². The first kappa shape index (κ1) is 18.8. The maximum atomic E-state index is 9.51. The van der Waals surface area contributed by atoms with E-state index in [0.717, 1.165) is 29.9 Å². The van der Waals surface area contributed by atoms with Gasteiger partial charge in [0, 0.05) is 12.6 Å². The maximum Gasteiger partial charge on any atom is 0.161 e. The van der Waals surface area contributed by atoms with Crippen LogP contribution in [-0.4, -0.2) is 43.9 Å². The van der Waals surface area contributed by atoms with Gasteiger partial charge >= 0.3 is 0 Å². The molecule has 1 N–H and O–H groups in total. The second kappa shape index (κ2) is 9.70. The molecule has 0 saturated carbocycles. The second-order valence-electron chi connectivity index (χ2n) is 5.97. The Morgan fingerprint density at radius 3 is 2.14 bits per heavy atom. The van der Waals surface area contributed by atoms with Crippen LogP contribution in [0, 0.1) is 5.92 Å². The van der Waals surface area contributed by atoms with Crippen LogP contribution in [0.5, 0.6) is 11.5 Å². The monoisotopic (exact) mass is 309 g/mol. The number of benzene rings is 1. The first-order valence-corrected chi connectivity index (χ1v) is 8.21. The Labute approximate surface area is 135 Å². The van der Waals surface area contributed by atoms with E-state index in [0.29, 0.717) is 13.2 Å². The van der Waals surface area contributed by atoms with Gasteiger partial charge < -0.3 is 19.5 Å². The van der Waals surface area contributed by atoms with E-state index in [9.17, 15) is 5.11 Å². The van der Waals surface area contributed by atoms with Crippen LogP contribution >= 0.6 is 0 Å². The molecule has 2 unspecified atom stereocenters. The summed E-state index contributed by atoms with van der Waals surface area (Å²) in [5.41, 5.74) is 1.14. The average molecular weight is 309 g/mol. The molecule has 0 aliphatic rings. The molecule has 0 saturated heterocycles. The van der Waals surface area contributed by atoms with Crippen molar-refractivity contribution in [1.82, 2.24) is 4.90 Å². The predicted molar refractivity (Wildman–Crippen MR) is 90.7 cm³/mol. The molecule has 1 aromatic rings. The minimum absolute atomic E-state index is 0.147. The molecular weight excluding hydrogens is 278 g/mol. The molecule has 4 heteroatoms. The predicted octanol–water partition coefficient (Wildman–Crippen LogP) is 3.50. The lowest BCUT2D eigenvalue weighted by atomic mass is 9.94. The number of aliphatic hydroxyl groups excluding tert-OH is 1. The van der Waals surface area contributed by atoms with Crippen molar-refractivity contribution in [1.29, 1.82) is 0 Å². The molecule has 0 amide bonds. The summed E-state index contributed by atoms with van der Waals surface area (Å²) in [6, 6.07) is 6.25. The Bertz CT molecular complexity index is 434. The van der Waals surface area contributed by atoms with Crippen molar-refractivity contribution in [2.24, 2.45) is 5.92 Å². The van der Waals surface area contributed by atoms with Gasteiger partial charge in [-0.2, -0.15) is 0 Å². The molecular formula is C18H31NO3. The van der Waals surface area contributed by atoms with Gasteiger partial charge in [-0.1, -0.05) is 26.8 Å². The number of hydrogen-bond donors (Lipinski definition) is 1. The second-order valence-corrected chi connectivity index (χ2v) is 5.97. The Hall–Kier alpha value is -1.26. The molecule has 0 aliphatic carbocycles. The van der Waals surface area contributed by atoms with Crippen LogP contribution in [0.15, 0.2) is 18.2 Å². The van der Waals surface area contributed by atoms with Gasteiger partial charge in [-0.15, -0.1) is 0 Å². The summed E-state index contributed by atoms with van der Waals surface area (Å²) in [7, 11) is 4.07. The van der Waals surface area contributed by atoms with Crippen LogP contribution in [0.2, 0.25) is 0 Å². The van der Waals surface area contributed by atoms with Crippen molar-refractivity contribution in [3.8, 4) is 11.5 Å². The third-order valence-electron chi connectivity index (χ3n) is 3.62. The fourth-order valence-electron chi connectivity index (χ4n) is 2.60. The van der Waals surface area contributed by atoms with Gasteiger partial charge in [0.15, 0.2) is 11.5 Å². The summed E-state index contributed by atoms with van der Waals surface area (Å²) < 4.78 is 11.6. The molecule has 4 nitrogen and oxygen atoms in total. The Morgan fingerprint density at radius 2 is 1.64 bits per heavy atom. The van der Waals surface area contributed by atoms with Gasteiger partial charge in [-0.25, -0.2) is 0 Å². The first-order valence-electron chi connectivity index (χ1n) is 8.21. The van der Waals surface area contributed by atoms with E-state index in [1.165, 1.54) is 0 Å². The highest BCUT2D eigenvalue weighted by atomic mass is 16.5. The normalized spacial score (nSPS) is 14.0. The lowest BCUT2D eigenvalue weighted by Gasteiger charge is -2.30. The van der Waals surface area contributed by atoms with Crippen LogP contribution in [0.4, 0.5) is 0 Å². The zero-order valence-corrected chi connectivity index (χ0v) is 14.6. The number of ether oxygens (including phenoxy) is 2. The van der Waals surface area contributed by atoms with Crippen LogP contribution < -0.4 is 9.47 Å². The van der Waals surface area contributed by atoms with Crippen molar-refractivity contribution in [2.75, 3.05) is 33.9 Å². The van der Waals surface area contributed by atoms with E-state index in [2.05, 4.69) is 37.8 Å². The number of aliphatic hydroxyl groups is 1. The summed E-state index contributed by atoms with van der Waals surface area (Å²) in [6.45, 7) is 7.75. The quantitative estimate of drug-likeness (QED) is 0.718. The van der Waals surface area contributed by atoms with Crippen LogP contribution in [-0.2, 0) is 0 Å². The Balaban J connectivity index is 3.09. The van der Waals surface area contributed by atoms with Crippen molar-refractivity contribution in [3.05, 3.63) is 23.8 Å². The number of nitrogens with zero attached hydrogens (tertiary/aromatic N) is 1. The van der Waals surface area contributed by atoms with E-state index in [1.54, 1.807) is 0 Å². The summed E-state index contributed by atoms with van der Waals surface area (Å²) in [5.74, 6) is 1.74. The average Bonchev–Trinajstić information content (AvgIpc) is 2.51. The molecule has 1 aromatic carbocycles. The molecule has 0 spiro atoms. The molecule has 1 rings (SSSR count). The Kier molecular flexibility index (Phi) is 8.28. The lowest BCUT2D eigenvalue weighted by Crippen LogP contribution is -2.28. The van der Waals surface area contributed by atoms with E-state index in [4.69, 9.17) is 9.47 Å². The van der Waals surface area contributed by atoms with E-state index < -0.39 is 0 Å². The van der Waals surface area contributed by atoms with E-state index in [-0.39, 0.29) is 18.6 Å². The van der Waals surface area contributed by atoms with E-state index in [1.807, 2.05) is 20.2 Å². The smallest absolute Gasteiger partial charge is 0.161 e. The maximum absolute atomic E-state index is 9.51. The van der Waals surface area contributed by atoms with Gasteiger partial charge in [0.25, 0.3) is 0 Å². The minimum Gasteiger partial charge on any atom is -0.490 e. The molecule has 2 atom stereocenters. The fourth-order valence-corrected chi connectivity index (χ4v) is 2.60. The van der Waals surface area contributed by atoms with Crippen molar-refractivity contribution < 1.29 is 14.6 Å². The van der Waals surface area contributed by atoms with Gasteiger partial charge in [0.05, 0.1) is 13.2 Å². The lowest BCUT2D eigenvalue weighted by molar-refractivity contribution is 0.145. The van der Waals surface area contributed by atoms with Gasteiger partial charge in [0.2, 0.25) is 0 Å². The van der Waals surface area contributed by atoms with Crippen LogP contribution in [0.25, 0.3) is 0 Å². The third kappa shape index (κ3) is 5.18. The van der Waals surface area contributed by atoms with E-state index >= 15 is 0 Å². The van der Waals surface area contributed by atoms with Crippen molar-refractivity contribution in [3.63, 3.8) is 0 Å². The van der Waals surface area contributed by atoms with Crippen molar-refractivity contribution in [2.45, 2.75) is 39.7 Å². The summed E-state index contributed by atoms with van der Waals surface area (Å²) in [4.78, 5) is 2.13. The zero-order valence-electron chi connectivity index (χ0n) is 14.6. The van der Waals surface area contributed by atoms with Gasteiger partial charge in [0.1, 0.15) is 0 Å². The highest BCUT2D eigenvalue weighted by Gasteiger charge is 2.22. The highest BCUT2D eigenvalue weighted by Crippen LogP contribution is 2.34. The SMILES string of the molecule is CCCOc1ccc(C(C(C)CO)N(C)C)cc1OCCC. The molecule has 0 bridgehead atoms. The van der Waals surface area contributed by atoms with Gasteiger partial charge in [-0.3, -0.25) is 0 Å². The molecule has 22 heavy (non-hydrogen) atoms. The third-order valence-corrected chi connectivity index (χ3v) is 3.62. The number of rotatable bonds is 10.